The summed E-state index contributed by atoms with van der Waals surface area (Å²) in [6.07, 6.45) is 7.44. The van der Waals surface area contributed by atoms with Crippen LogP contribution in [0.1, 0.15) is 12.0 Å². The van der Waals surface area contributed by atoms with Crippen molar-refractivity contribution in [3.63, 3.8) is 0 Å². The molecule has 0 saturated heterocycles. The van der Waals surface area contributed by atoms with Gasteiger partial charge in [-0.05, 0) is 28.1 Å². The van der Waals surface area contributed by atoms with Gasteiger partial charge in [-0.15, -0.1) is 0 Å². The molecule has 1 aliphatic rings. The second-order valence-corrected chi connectivity index (χ2v) is 3.67. The van der Waals surface area contributed by atoms with Gasteiger partial charge < -0.3 is 0 Å². The summed E-state index contributed by atoms with van der Waals surface area (Å²) in [5, 5.41) is 0. The predicted octanol–water partition coefficient (Wildman–Crippen LogP) is 4.31. The van der Waals surface area contributed by atoms with Gasteiger partial charge in [-0.2, -0.15) is 0 Å². The molecule has 0 spiro atoms. The van der Waals surface area contributed by atoms with Gasteiger partial charge in [-0.3, -0.25) is 0 Å². The van der Waals surface area contributed by atoms with Crippen molar-refractivity contribution in [2.24, 2.45) is 0 Å². The van der Waals surface area contributed by atoms with Gasteiger partial charge in [-0.25, -0.2) is 0 Å². The Morgan fingerprint density at radius 3 is 2.64 bits per heavy atom. The second kappa shape index (κ2) is 4.43. The fourth-order valence-electron chi connectivity index (χ4n) is 1.58. The summed E-state index contributed by atoms with van der Waals surface area (Å²) in [4.78, 5) is 2.01. The molecule has 14 heavy (non-hydrogen) atoms. The zero-order valence-corrected chi connectivity index (χ0v) is 9.37. The minimum absolute atomic E-state index is 1.01. The van der Waals surface area contributed by atoms with Crippen LogP contribution in [-0.4, -0.2) is 0 Å². The van der Waals surface area contributed by atoms with Crippen molar-refractivity contribution in [1.82, 2.24) is 0 Å². The Morgan fingerprint density at radius 2 is 1.93 bits per heavy atom. The Balaban J connectivity index is 2.43. The molecule has 1 heteroatoms. The van der Waals surface area contributed by atoms with Crippen LogP contribution in [0.25, 0.3) is 5.57 Å². The topological polar surface area (TPSA) is 0 Å². The van der Waals surface area contributed by atoms with Crippen molar-refractivity contribution in [3.8, 4) is 0 Å². The van der Waals surface area contributed by atoms with Crippen molar-refractivity contribution in [3.05, 3.63) is 64.7 Å². The normalized spacial score (nSPS) is 18.4. The van der Waals surface area contributed by atoms with Crippen molar-refractivity contribution < 1.29 is 0 Å². The molecule has 0 fully saturated rings. The smallest absolute Gasteiger partial charge is 0.00830 e. The Labute approximate surface area is 92.8 Å². The third kappa shape index (κ3) is 1.88. The SMILES string of the molecule is BrC=C1CC=CC=C1c1ccccc1. The summed E-state index contributed by atoms with van der Waals surface area (Å²) in [6, 6.07) is 10.5. The van der Waals surface area contributed by atoms with Crippen LogP contribution in [0.5, 0.6) is 0 Å². The number of hydrogen-bond acceptors (Lipinski definition) is 0. The van der Waals surface area contributed by atoms with Crippen LogP contribution in [0.4, 0.5) is 0 Å². The molecule has 0 amide bonds. The summed E-state index contributed by atoms with van der Waals surface area (Å²) < 4.78 is 0. The Bertz CT molecular complexity index is 397. The molecule has 0 bridgehead atoms. The Morgan fingerprint density at radius 1 is 1.14 bits per heavy atom. The number of halogens is 1. The zero-order valence-electron chi connectivity index (χ0n) is 7.78. The van der Waals surface area contributed by atoms with E-state index in [1.165, 1.54) is 16.7 Å². The van der Waals surface area contributed by atoms with E-state index in [2.05, 4.69) is 58.4 Å². The highest BCUT2D eigenvalue weighted by Crippen LogP contribution is 2.29. The average molecular weight is 247 g/mol. The zero-order chi connectivity index (χ0) is 9.80. The molecule has 70 valence electrons. The molecule has 0 heterocycles. The number of hydrogen-bond donors (Lipinski definition) is 0. The Kier molecular flexibility index (Phi) is 3.00. The van der Waals surface area contributed by atoms with E-state index in [-0.39, 0.29) is 0 Å². The fourth-order valence-corrected chi connectivity index (χ4v) is 2.01. The summed E-state index contributed by atoms with van der Waals surface area (Å²) in [7, 11) is 0. The van der Waals surface area contributed by atoms with E-state index in [0.29, 0.717) is 0 Å². The molecule has 0 radical (unpaired) electrons. The molecule has 1 aromatic carbocycles. The first-order valence-electron chi connectivity index (χ1n) is 4.63. The third-order valence-corrected chi connectivity index (χ3v) is 2.85. The molecule has 2 rings (SSSR count). The van der Waals surface area contributed by atoms with Gasteiger partial charge in [-0.1, -0.05) is 64.5 Å². The summed E-state index contributed by atoms with van der Waals surface area (Å²) in [5.74, 6) is 0. The maximum absolute atomic E-state index is 3.41. The molecular formula is C13H11Br. The van der Waals surface area contributed by atoms with Crippen LogP contribution in [0.15, 0.2) is 59.1 Å². The lowest BCUT2D eigenvalue weighted by Gasteiger charge is -2.12. The summed E-state index contributed by atoms with van der Waals surface area (Å²) >= 11 is 3.41. The van der Waals surface area contributed by atoms with E-state index in [1.807, 2.05) is 11.1 Å². The lowest BCUT2D eigenvalue weighted by molar-refractivity contribution is 1.28. The highest BCUT2D eigenvalue weighted by molar-refractivity contribution is 9.11. The molecule has 0 aromatic heterocycles. The number of benzene rings is 1. The van der Waals surface area contributed by atoms with E-state index in [4.69, 9.17) is 0 Å². The van der Waals surface area contributed by atoms with E-state index >= 15 is 0 Å². The lowest BCUT2D eigenvalue weighted by Crippen LogP contribution is -1.91. The van der Waals surface area contributed by atoms with Gasteiger partial charge in [0.05, 0.1) is 0 Å². The van der Waals surface area contributed by atoms with Crippen LogP contribution in [0.3, 0.4) is 0 Å². The number of rotatable bonds is 1. The van der Waals surface area contributed by atoms with Crippen molar-refractivity contribution in [1.29, 1.82) is 0 Å². The molecule has 0 aliphatic heterocycles. The molecule has 1 aliphatic carbocycles. The number of allylic oxidation sites excluding steroid dienone is 5. The van der Waals surface area contributed by atoms with Gasteiger partial charge >= 0.3 is 0 Å². The van der Waals surface area contributed by atoms with Crippen molar-refractivity contribution in [2.45, 2.75) is 6.42 Å². The van der Waals surface area contributed by atoms with Crippen LogP contribution >= 0.6 is 15.9 Å². The molecule has 0 atom stereocenters. The Hall–Kier alpha value is -1.08. The van der Waals surface area contributed by atoms with Crippen molar-refractivity contribution >= 4 is 21.5 Å². The highest BCUT2D eigenvalue weighted by atomic mass is 79.9. The van der Waals surface area contributed by atoms with Crippen LogP contribution in [-0.2, 0) is 0 Å². The van der Waals surface area contributed by atoms with Gasteiger partial charge in [0, 0.05) is 0 Å². The van der Waals surface area contributed by atoms with Gasteiger partial charge in [0.15, 0.2) is 0 Å². The van der Waals surface area contributed by atoms with Crippen LogP contribution in [0.2, 0.25) is 0 Å². The van der Waals surface area contributed by atoms with Crippen LogP contribution in [0, 0.1) is 0 Å². The lowest BCUT2D eigenvalue weighted by atomic mass is 9.93. The molecule has 1 aromatic rings. The molecule has 0 nitrogen and oxygen atoms in total. The summed E-state index contributed by atoms with van der Waals surface area (Å²) in [5.41, 5.74) is 3.92. The van der Waals surface area contributed by atoms with Gasteiger partial charge in [0.1, 0.15) is 0 Å². The van der Waals surface area contributed by atoms with E-state index < -0.39 is 0 Å². The quantitative estimate of drug-likeness (QED) is 0.693. The maximum atomic E-state index is 3.41. The van der Waals surface area contributed by atoms with E-state index in [9.17, 15) is 0 Å². The van der Waals surface area contributed by atoms with E-state index in [0.717, 1.165) is 6.42 Å². The van der Waals surface area contributed by atoms with E-state index in [1.54, 1.807) is 0 Å². The van der Waals surface area contributed by atoms with Gasteiger partial charge in [0.2, 0.25) is 0 Å². The third-order valence-electron chi connectivity index (χ3n) is 2.30. The van der Waals surface area contributed by atoms with Gasteiger partial charge in [0.25, 0.3) is 0 Å². The largest absolute Gasteiger partial charge is 0.0801 e. The minimum Gasteiger partial charge on any atom is -0.0801 e. The first-order valence-corrected chi connectivity index (χ1v) is 5.55. The maximum Gasteiger partial charge on any atom is -0.00830 e. The monoisotopic (exact) mass is 246 g/mol. The second-order valence-electron chi connectivity index (χ2n) is 3.21. The first-order chi connectivity index (χ1) is 6.92. The predicted molar refractivity (Wildman–Crippen MR) is 65.2 cm³/mol. The summed E-state index contributed by atoms with van der Waals surface area (Å²) in [6.45, 7) is 0. The average Bonchev–Trinajstić information content (AvgIpc) is 2.30. The van der Waals surface area contributed by atoms with Crippen LogP contribution < -0.4 is 0 Å². The first kappa shape index (κ1) is 9.47. The molecule has 0 unspecified atom stereocenters. The van der Waals surface area contributed by atoms with Crippen molar-refractivity contribution in [2.75, 3.05) is 0 Å². The minimum atomic E-state index is 1.01. The molecule has 0 N–H and O–H groups in total. The standard InChI is InChI=1S/C13H11Br/c14-10-12-8-4-5-9-13(12)11-6-2-1-3-7-11/h1-7,9-10H,8H2. The fraction of sp³-hybridized carbons (Fsp3) is 0.0769. The molecular weight excluding hydrogens is 236 g/mol. The highest BCUT2D eigenvalue weighted by Gasteiger charge is 2.07. The molecule has 0 saturated carbocycles.